The Labute approximate surface area is 134 Å². The normalized spacial score (nSPS) is 13.4. The summed E-state index contributed by atoms with van der Waals surface area (Å²) in [4.78, 5) is -0.233. The zero-order valence-electron chi connectivity index (χ0n) is 11.9. The van der Waals surface area contributed by atoms with E-state index in [-0.39, 0.29) is 21.5 Å². The molecule has 0 amide bonds. The van der Waals surface area contributed by atoms with E-state index in [1.807, 2.05) is 6.92 Å². The van der Waals surface area contributed by atoms with E-state index < -0.39 is 22.4 Å². The van der Waals surface area contributed by atoms with Crippen molar-refractivity contribution < 1.29 is 17.9 Å². The van der Waals surface area contributed by atoms with Crippen LogP contribution in [-0.4, -0.2) is 31.1 Å². The van der Waals surface area contributed by atoms with Crippen LogP contribution in [0.2, 0.25) is 5.02 Å². The molecule has 0 spiro atoms. The number of aliphatic hydroxyl groups is 1. The Morgan fingerprint density at radius 1 is 1.48 bits per heavy atom. The lowest BCUT2D eigenvalue weighted by Crippen LogP contribution is -2.33. The Bertz CT molecular complexity index is 581. The van der Waals surface area contributed by atoms with Crippen molar-refractivity contribution in [3.63, 3.8) is 0 Å². The smallest absolute Gasteiger partial charge is 0.240 e. The van der Waals surface area contributed by atoms with Crippen LogP contribution in [0, 0.1) is 5.82 Å². The number of thioether (sulfide) groups is 1. The highest BCUT2D eigenvalue weighted by atomic mass is 35.5. The zero-order valence-corrected chi connectivity index (χ0v) is 14.3. The van der Waals surface area contributed by atoms with Gasteiger partial charge in [-0.05, 0) is 37.0 Å². The van der Waals surface area contributed by atoms with Crippen LogP contribution in [0.1, 0.15) is 25.8 Å². The highest BCUT2D eigenvalue weighted by Crippen LogP contribution is 2.24. The predicted octanol–water partition coefficient (Wildman–Crippen LogP) is 2.78. The summed E-state index contributed by atoms with van der Waals surface area (Å²) >= 11 is 7.38. The molecule has 4 nitrogen and oxygen atoms in total. The second kappa shape index (κ2) is 8.33. The van der Waals surface area contributed by atoms with Crippen molar-refractivity contribution in [2.75, 3.05) is 11.5 Å². The number of benzene rings is 1. The minimum atomic E-state index is -3.84. The molecule has 8 heteroatoms. The van der Waals surface area contributed by atoms with Gasteiger partial charge in [-0.1, -0.05) is 18.5 Å². The molecule has 0 aliphatic carbocycles. The summed E-state index contributed by atoms with van der Waals surface area (Å²) in [5, 5.41) is 8.83. The van der Waals surface area contributed by atoms with Crippen molar-refractivity contribution >= 4 is 33.4 Å². The van der Waals surface area contributed by atoms with Crippen molar-refractivity contribution in [1.29, 1.82) is 0 Å². The predicted molar refractivity (Wildman–Crippen MR) is 84.7 cm³/mol. The standard InChI is InChI=1S/C13H19ClFNO3S2/c1-3-20-5-4-9(2)16-21(18,19)11-6-10(8-17)13(14)12(15)7-11/h6-7,9,16-17H,3-5,8H2,1-2H3. The first kappa shape index (κ1) is 18.7. The lowest BCUT2D eigenvalue weighted by atomic mass is 10.2. The Hall–Kier alpha value is -0.340. The molecule has 1 aromatic rings. The third-order valence-corrected chi connectivity index (χ3v) is 5.74. The van der Waals surface area contributed by atoms with Crippen molar-refractivity contribution in [2.24, 2.45) is 0 Å². The van der Waals surface area contributed by atoms with Gasteiger partial charge in [0.15, 0.2) is 0 Å². The highest BCUT2D eigenvalue weighted by Gasteiger charge is 2.20. The number of nitrogens with one attached hydrogen (secondary N) is 1. The molecule has 21 heavy (non-hydrogen) atoms. The van der Waals surface area contributed by atoms with Crippen LogP contribution in [0.3, 0.4) is 0 Å². The number of hydrogen-bond donors (Lipinski definition) is 2. The van der Waals surface area contributed by atoms with E-state index in [4.69, 9.17) is 16.7 Å². The molecule has 0 bridgehead atoms. The highest BCUT2D eigenvalue weighted by molar-refractivity contribution is 7.99. The monoisotopic (exact) mass is 355 g/mol. The average molecular weight is 356 g/mol. The molecular formula is C13H19ClFNO3S2. The van der Waals surface area contributed by atoms with E-state index in [0.29, 0.717) is 6.42 Å². The molecular weight excluding hydrogens is 337 g/mol. The van der Waals surface area contributed by atoms with E-state index >= 15 is 0 Å². The molecule has 2 N–H and O–H groups in total. The van der Waals surface area contributed by atoms with Gasteiger partial charge >= 0.3 is 0 Å². The second-order valence-electron chi connectivity index (χ2n) is 4.54. The molecule has 0 aliphatic heterocycles. The Kier molecular flexibility index (Phi) is 7.42. The van der Waals surface area contributed by atoms with Gasteiger partial charge in [0.25, 0.3) is 0 Å². The average Bonchev–Trinajstić information content (AvgIpc) is 2.41. The van der Waals surface area contributed by atoms with Gasteiger partial charge in [-0.3, -0.25) is 0 Å². The zero-order chi connectivity index (χ0) is 16.0. The summed E-state index contributed by atoms with van der Waals surface area (Å²) in [6, 6.07) is 1.78. The maximum atomic E-state index is 13.6. The molecule has 1 rings (SSSR count). The topological polar surface area (TPSA) is 66.4 Å². The summed E-state index contributed by atoms with van der Waals surface area (Å²) in [6.07, 6.45) is 0.681. The minimum Gasteiger partial charge on any atom is -0.392 e. The molecule has 0 saturated heterocycles. The van der Waals surface area contributed by atoms with Crippen LogP contribution in [0.4, 0.5) is 4.39 Å². The summed E-state index contributed by atoms with van der Waals surface area (Å²) in [5.41, 5.74) is 0.0474. The molecule has 0 saturated carbocycles. The third-order valence-electron chi connectivity index (χ3n) is 2.81. The first-order valence-corrected chi connectivity index (χ1v) is 9.52. The van der Waals surface area contributed by atoms with Crippen molar-refractivity contribution in [2.45, 2.75) is 37.8 Å². The van der Waals surface area contributed by atoms with Crippen LogP contribution >= 0.6 is 23.4 Å². The van der Waals surface area contributed by atoms with E-state index in [1.54, 1.807) is 18.7 Å². The molecule has 1 atom stereocenters. The molecule has 0 aliphatic rings. The number of aliphatic hydroxyl groups excluding tert-OH is 1. The first-order chi connectivity index (χ1) is 9.81. The largest absolute Gasteiger partial charge is 0.392 e. The van der Waals surface area contributed by atoms with Gasteiger partial charge in [0, 0.05) is 11.6 Å². The van der Waals surface area contributed by atoms with Crippen LogP contribution in [0.15, 0.2) is 17.0 Å². The summed E-state index contributed by atoms with van der Waals surface area (Å²) < 4.78 is 40.5. The van der Waals surface area contributed by atoms with Gasteiger partial charge in [0.05, 0.1) is 16.5 Å². The van der Waals surface area contributed by atoms with Crippen molar-refractivity contribution in [3.8, 4) is 0 Å². The van der Waals surface area contributed by atoms with Gasteiger partial charge in [-0.25, -0.2) is 17.5 Å². The first-order valence-electron chi connectivity index (χ1n) is 6.50. The lowest BCUT2D eigenvalue weighted by Gasteiger charge is -2.15. The fourth-order valence-electron chi connectivity index (χ4n) is 1.68. The summed E-state index contributed by atoms with van der Waals surface area (Å²) in [5.74, 6) is 0.955. The Morgan fingerprint density at radius 3 is 2.71 bits per heavy atom. The number of halogens is 2. The van der Waals surface area contributed by atoms with E-state index in [2.05, 4.69) is 4.72 Å². The van der Waals surface area contributed by atoms with Gasteiger partial charge < -0.3 is 5.11 Å². The van der Waals surface area contributed by atoms with Gasteiger partial charge in [-0.15, -0.1) is 0 Å². The molecule has 0 heterocycles. The molecule has 0 fully saturated rings. The molecule has 0 radical (unpaired) electrons. The van der Waals surface area contributed by atoms with E-state index in [1.165, 1.54) is 6.07 Å². The fourth-order valence-corrected chi connectivity index (χ4v) is 4.00. The lowest BCUT2D eigenvalue weighted by molar-refractivity contribution is 0.281. The Morgan fingerprint density at radius 2 is 2.14 bits per heavy atom. The third kappa shape index (κ3) is 5.41. The fraction of sp³-hybridized carbons (Fsp3) is 0.538. The van der Waals surface area contributed by atoms with E-state index in [9.17, 15) is 12.8 Å². The number of sulfonamides is 1. The molecule has 1 aromatic carbocycles. The maximum absolute atomic E-state index is 13.6. The summed E-state index contributed by atoms with van der Waals surface area (Å²) in [6.45, 7) is 3.27. The Balaban J connectivity index is 2.90. The van der Waals surface area contributed by atoms with Crippen LogP contribution in [-0.2, 0) is 16.6 Å². The molecule has 120 valence electrons. The maximum Gasteiger partial charge on any atom is 0.240 e. The number of rotatable bonds is 8. The van der Waals surface area contributed by atoms with Gasteiger partial charge in [-0.2, -0.15) is 11.8 Å². The molecule has 1 unspecified atom stereocenters. The van der Waals surface area contributed by atoms with Crippen LogP contribution < -0.4 is 4.72 Å². The SMILES string of the molecule is CCSCCC(C)NS(=O)(=O)c1cc(F)c(Cl)c(CO)c1. The minimum absolute atomic E-state index is 0.0474. The van der Waals surface area contributed by atoms with Crippen LogP contribution in [0.5, 0.6) is 0 Å². The summed E-state index contributed by atoms with van der Waals surface area (Å²) in [7, 11) is -3.84. The second-order valence-corrected chi connectivity index (χ2v) is 8.03. The van der Waals surface area contributed by atoms with Crippen LogP contribution in [0.25, 0.3) is 0 Å². The van der Waals surface area contributed by atoms with Crippen molar-refractivity contribution in [3.05, 3.63) is 28.5 Å². The van der Waals surface area contributed by atoms with Gasteiger partial charge in [0.2, 0.25) is 10.0 Å². The quantitative estimate of drug-likeness (QED) is 0.704. The van der Waals surface area contributed by atoms with Crippen molar-refractivity contribution in [1.82, 2.24) is 4.72 Å². The van der Waals surface area contributed by atoms with E-state index in [0.717, 1.165) is 17.6 Å². The van der Waals surface area contributed by atoms with Gasteiger partial charge in [0.1, 0.15) is 5.82 Å². The number of hydrogen-bond acceptors (Lipinski definition) is 4. The molecule has 0 aromatic heterocycles.